The Kier molecular flexibility index (Phi) is 13.4. The lowest BCUT2D eigenvalue weighted by Crippen LogP contribution is -2.37. The quantitative estimate of drug-likeness (QED) is 0.0742. The molecule has 70 heavy (non-hydrogen) atoms. The molecule has 0 radical (unpaired) electrons. The fourth-order valence-electron chi connectivity index (χ4n) is 10.7. The summed E-state index contributed by atoms with van der Waals surface area (Å²) >= 11 is 1.57. The predicted octanol–water partition coefficient (Wildman–Crippen LogP) is 8.21. The van der Waals surface area contributed by atoms with Gasteiger partial charge in [-0.1, -0.05) is 18.2 Å². The number of ether oxygens (including phenoxy) is 4. The van der Waals surface area contributed by atoms with Crippen LogP contribution < -0.4 is 33.6 Å². The van der Waals surface area contributed by atoms with Gasteiger partial charge in [-0.3, -0.25) is 48.7 Å². The molecule has 1 saturated heterocycles. The zero-order chi connectivity index (χ0) is 48.6. The molecular weight excluding hydrogens is 909 g/mol. The number of benzene rings is 4. The van der Waals surface area contributed by atoms with Gasteiger partial charge in [-0.2, -0.15) is 0 Å². The molecular formula is C54H58N6O9S. The number of thioether (sulfide) groups is 1. The third kappa shape index (κ3) is 9.13. The van der Waals surface area contributed by atoms with Crippen LogP contribution in [-0.4, -0.2) is 117 Å². The number of likely N-dealkylation sites (tertiary alicyclic amines) is 1. The first-order chi connectivity index (χ1) is 34.0. The minimum Gasteiger partial charge on any atom is -0.493 e. The molecule has 15 nitrogen and oxygen atoms in total. The number of anilines is 3. The Bertz CT molecular complexity index is 2810. The Balaban J connectivity index is 0.711. The smallest absolute Gasteiger partial charge is 0.261 e. The van der Waals surface area contributed by atoms with Crippen LogP contribution in [0, 0.1) is 11.8 Å². The number of fused-ring (bicyclic) bond motifs is 8. The van der Waals surface area contributed by atoms with E-state index < -0.39 is 0 Å². The maximum atomic E-state index is 14.3. The molecule has 0 N–H and O–H groups in total. The average Bonchev–Trinajstić information content (AvgIpc) is 3.96. The monoisotopic (exact) mass is 966 g/mol. The first-order valence-corrected chi connectivity index (χ1v) is 25.4. The minimum absolute atomic E-state index is 0.0710. The second kappa shape index (κ2) is 20.0. The Morgan fingerprint density at radius 2 is 1.31 bits per heavy atom. The highest BCUT2D eigenvalue weighted by Gasteiger charge is 2.41. The molecule has 2 fully saturated rings. The van der Waals surface area contributed by atoms with E-state index in [9.17, 15) is 24.0 Å². The number of carbonyl (C=O) groups excluding carboxylic acids is 5. The third-order valence-corrected chi connectivity index (χ3v) is 15.9. The van der Waals surface area contributed by atoms with Gasteiger partial charge in [-0.05, 0) is 98.2 Å². The Hall–Kier alpha value is -6.68. The van der Waals surface area contributed by atoms with E-state index in [1.807, 2.05) is 60.8 Å². The Labute approximate surface area is 412 Å². The number of para-hydroxylation sites is 1. The summed E-state index contributed by atoms with van der Waals surface area (Å²) in [6.07, 6.45) is 10.0. The van der Waals surface area contributed by atoms with Crippen molar-refractivity contribution in [1.82, 2.24) is 4.90 Å². The third-order valence-electron chi connectivity index (χ3n) is 14.6. The molecule has 4 aromatic rings. The van der Waals surface area contributed by atoms with Crippen LogP contribution in [0.15, 0.2) is 76.7 Å². The topological polar surface area (TPSA) is 160 Å². The van der Waals surface area contributed by atoms with Crippen LogP contribution in [0.1, 0.15) is 83.7 Å². The summed E-state index contributed by atoms with van der Waals surface area (Å²) in [5, 5.41) is -0.338. The van der Waals surface area contributed by atoms with E-state index in [0.29, 0.717) is 77.9 Å². The van der Waals surface area contributed by atoms with Gasteiger partial charge in [0.1, 0.15) is 5.78 Å². The van der Waals surface area contributed by atoms with Crippen molar-refractivity contribution in [3.05, 3.63) is 89.0 Å². The van der Waals surface area contributed by atoms with E-state index in [2.05, 4.69) is 11.0 Å². The van der Waals surface area contributed by atoms with Crippen LogP contribution in [-0.2, 0) is 27.2 Å². The van der Waals surface area contributed by atoms with Crippen LogP contribution in [0.3, 0.4) is 0 Å². The highest BCUT2D eigenvalue weighted by atomic mass is 32.2. The van der Waals surface area contributed by atoms with E-state index in [0.717, 1.165) is 72.6 Å². The van der Waals surface area contributed by atoms with Gasteiger partial charge in [0, 0.05) is 93.4 Å². The van der Waals surface area contributed by atoms with E-state index in [4.69, 9.17) is 28.9 Å². The van der Waals surface area contributed by atoms with Crippen molar-refractivity contribution in [1.29, 1.82) is 0 Å². The van der Waals surface area contributed by atoms with E-state index in [-0.39, 0.29) is 71.6 Å². The van der Waals surface area contributed by atoms with Crippen molar-refractivity contribution in [3.8, 4) is 23.0 Å². The van der Waals surface area contributed by atoms with E-state index in [1.165, 1.54) is 4.90 Å². The van der Waals surface area contributed by atoms with E-state index >= 15 is 0 Å². The fourth-order valence-corrected chi connectivity index (χ4v) is 11.8. The highest BCUT2D eigenvalue weighted by molar-refractivity contribution is 8.00. The molecule has 0 aromatic heterocycles. The summed E-state index contributed by atoms with van der Waals surface area (Å²) in [5.41, 5.74) is 6.85. The number of nitrogens with zero attached hydrogens (tertiary/aromatic N) is 6. The lowest BCUT2D eigenvalue weighted by Gasteiger charge is -2.29. The Morgan fingerprint density at radius 3 is 1.93 bits per heavy atom. The number of imide groups is 1. The van der Waals surface area contributed by atoms with Gasteiger partial charge in [0.15, 0.2) is 23.0 Å². The van der Waals surface area contributed by atoms with Gasteiger partial charge >= 0.3 is 0 Å². The van der Waals surface area contributed by atoms with Crippen molar-refractivity contribution < 1.29 is 42.9 Å². The molecule has 1 unspecified atom stereocenters. The predicted molar refractivity (Wildman–Crippen MR) is 271 cm³/mol. The number of hydrogen-bond donors (Lipinski definition) is 0. The van der Waals surface area contributed by atoms with Crippen molar-refractivity contribution in [3.63, 3.8) is 0 Å². The van der Waals surface area contributed by atoms with Gasteiger partial charge in [0.2, 0.25) is 11.8 Å². The lowest BCUT2D eigenvalue weighted by atomic mass is 9.80. The molecule has 5 aliphatic heterocycles. The normalized spacial score (nSPS) is 21.9. The standard InChI is InChI=1S/C54H58N6O9S/c1-32(61)34-13-11-33(12-14-34)31-58-51(62)28-50(54(58)65)70-20-7-17-57(2)37-15-16-45-36(22-37)23-39-30-56-43-27-49(47(67-4)25-41(43)53(64)60(39)45)69-19-8-18-68-48-26-42-40(24-46(48)66-3)52(63)59-38(29-55-42)21-35-9-5-6-10-44(35)59/h5-6,9-10,15-16,22,24-27,29-30,33-34,38-39,50H,7-8,11-14,17-21,23,28,31H2,1-4H3/t33?,34?,38-,39-,50?/m0/s1. The molecule has 0 spiro atoms. The number of hydrogen-bond acceptors (Lipinski definition) is 13. The maximum absolute atomic E-state index is 14.3. The van der Waals surface area contributed by atoms with Gasteiger partial charge in [0.25, 0.3) is 11.8 Å². The second-order valence-electron chi connectivity index (χ2n) is 19.0. The molecule has 4 amide bonds. The molecule has 16 heteroatoms. The number of ketones is 1. The summed E-state index contributed by atoms with van der Waals surface area (Å²) in [5.74, 6) is 2.72. The zero-order valence-electron chi connectivity index (χ0n) is 40.1. The summed E-state index contributed by atoms with van der Waals surface area (Å²) in [6, 6.07) is 20.6. The van der Waals surface area contributed by atoms with Crippen LogP contribution in [0.5, 0.6) is 23.0 Å². The summed E-state index contributed by atoms with van der Waals surface area (Å²) in [7, 11) is 5.13. The van der Waals surface area contributed by atoms with Gasteiger partial charge in [-0.15, -0.1) is 11.8 Å². The van der Waals surface area contributed by atoms with Gasteiger partial charge in [-0.25, -0.2) is 0 Å². The largest absolute Gasteiger partial charge is 0.493 e. The molecule has 0 bridgehead atoms. The van der Waals surface area contributed by atoms with Gasteiger partial charge < -0.3 is 23.8 Å². The molecule has 1 saturated carbocycles. The maximum Gasteiger partial charge on any atom is 0.261 e. The number of rotatable bonds is 17. The summed E-state index contributed by atoms with van der Waals surface area (Å²) < 4.78 is 23.8. The summed E-state index contributed by atoms with van der Waals surface area (Å²) in [6.45, 7) is 3.47. The highest BCUT2D eigenvalue weighted by Crippen LogP contribution is 2.44. The second-order valence-corrected chi connectivity index (χ2v) is 20.3. The van der Waals surface area contributed by atoms with Crippen LogP contribution in [0.2, 0.25) is 0 Å². The SMILES string of the molecule is COc1cc2c(cc1OCCCOc1cc3c(cc1OC)C(=O)N1c4ccc(N(C)CCCSC5CC(=O)N(CC6CCC(C(C)=O)CC6)C5=O)cc4C[C@H]1C=N3)N=C[C@@H]1Cc3ccccc3N1C2=O. The van der Waals surface area contributed by atoms with Crippen molar-refractivity contribution in [2.45, 2.75) is 82.0 Å². The van der Waals surface area contributed by atoms with Crippen molar-refractivity contribution >= 4 is 82.0 Å². The number of aliphatic imine (C=N–C) groups is 2. The zero-order valence-corrected chi connectivity index (χ0v) is 40.9. The molecule has 364 valence electrons. The fraction of sp³-hybridized carbons (Fsp3) is 0.426. The number of amides is 4. The van der Waals surface area contributed by atoms with Crippen LogP contribution in [0.25, 0.3) is 0 Å². The van der Waals surface area contributed by atoms with Crippen molar-refractivity contribution in [2.75, 3.05) is 68.0 Å². The minimum atomic E-state index is -0.338. The molecule has 4 aromatic carbocycles. The van der Waals surface area contributed by atoms with Crippen molar-refractivity contribution in [2.24, 2.45) is 21.8 Å². The molecule has 10 rings (SSSR count). The molecule has 3 atom stereocenters. The van der Waals surface area contributed by atoms with Gasteiger partial charge in [0.05, 0.1) is 67.3 Å². The average molecular weight is 967 g/mol. The molecule has 6 aliphatic rings. The first-order valence-electron chi connectivity index (χ1n) is 24.3. The molecule has 1 aliphatic carbocycles. The number of methoxy groups -OCH3 is 2. The number of carbonyl (C=O) groups is 5. The first kappa shape index (κ1) is 47.0. The summed E-state index contributed by atoms with van der Waals surface area (Å²) in [4.78, 5) is 82.7. The van der Waals surface area contributed by atoms with Crippen LogP contribution >= 0.6 is 11.8 Å². The van der Waals surface area contributed by atoms with E-state index in [1.54, 1.807) is 62.1 Å². The lowest BCUT2D eigenvalue weighted by molar-refractivity contribution is -0.139. The molecule has 5 heterocycles. The number of Topliss-reactive ketones (excluding diaryl/α,β-unsaturated/α-hetero) is 1. The Morgan fingerprint density at radius 1 is 0.714 bits per heavy atom. The van der Waals surface area contributed by atoms with Crippen LogP contribution in [0.4, 0.5) is 28.4 Å².